The minimum Gasteiger partial charge on any atom is -0.478 e. The fourth-order valence-electron chi connectivity index (χ4n) is 2.40. The predicted octanol–water partition coefficient (Wildman–Crippen LogP) is 1.64. The van der Waals surface area contributed by atoms with E-state index in [1.54, 1.807) is 20.8 Å². The number of esters is 1. The number of carboxylic acid groups (broad SMARTS) is 1. The molecule has 3 N–H and O–H groups in total. The SMILES string of the molecule is C=C(C(=O)O)[C@@H](CC(C)C)C(=O)N[C@@H](CCC(=O)OC(C)(C)C)C(=O)NC. The summed E-state index contributed by atoms with van der Waals surface area (Å²) in [6.07, 6.45) is 0.252. The Morgan fingerprint density at radius 3 is 2.07 bits per heavy atom. The lowest BCUT2D eigenvalue weighted by atomic mass is 9.89. The van der Waals surface area contributed by atoms with Gasteiger partial charge in [0.25, 0.3) is 0 Å². The van der Waals surface area contributed by atoms with Crippen molar-refractivity contribution in [3.8, 4) is 0 Å². The molecule has 0 heterocycles. The van der Waals surface area contributed by atoms with Crippen LogP contribution in [0.4, 0.5) is 0 Å². The number of aliphatic carboxylic acids is 1. The van der Waals surface area contributed by atoms with Crippen molar-refractivity contribution in [1.29, 1.82) is 0 Å². The molecule has 0 radical (unpaired) electrons. The van der Waals surface area contributed by atoms with Crippen LogP contribution in [0.5, 0.6) is 0 Å². The Balaban J connectivity index is 5.16. The molecule has 2 atom stereocenters. The molecule has 0 spiro atoms. The quantitative estimate of drug-likeness (QED) is 0.389. The Morgan fingerprint density at radius 2 is 1.67 bits per heavy atom. The average Bonchev–Trinajstić information content (AvgIpc) is 2.52. The molecule has 8 nitrogen and oxygen atoms in total. The lowest BCUT2D eigenvalue weighted by Gasteiger charge is -2.24. The maximum Gasteiger partial charge on any atom is 0.331 e. The van der Waals surface area contributed by atoms with Gasteiger partial charge in [0.2, 0.25) is 11.8 Å². The predicted molar refractivity (Wildman–Crippen MR) is 101 cm³/mol. The van der Waals surface area contributed by atoms with E-state index in [0.717, 1.165) is 0 Å². The summed E-state index contributed by atoms with van der Waals surface area (Å²) in [5.74, 6) is -3.74. The molecule has 8 heteroatoms. The summed E-state index contributed by atoms with van der Waals surface area (Å²) in [5, 5.41) is 14.1. The van der Waals surface area contributed by atoms with Crippen LogP contribution in [0.2, 0.25) is 0 Å². The third-order valence-corrected chi connectivity index (χ3v) is 3.66. The summed E-state index contributed by atoms with van der Waals surface area (Å²) >= 11 is 0. The van der Waals surface area contributed by atoms with E-state index >= 15 is 0 Å². The van der Waals surface area contributed by atoms with Crippen molar-refractivity contribution < 1.29 is 29.0 Å². The lowest BCUT2D eigenvalue weighted by molar-refractivity contribution is -0.155. The van der Waals surface area contributed by atoms with Gasteiger partial charge in [-0.2, -0.15) is 0 Å². The molecule has 0 saturated carbocycles. The van der Waals surface area contributed by atoms with Crippen LogP contribution in [-0.2, 0) is 23.9 Å². The molecule has 0 unspecified atom stereocenters. The van der Waals surface area contributed by atoms with Gasteiger partial charge in [-0.25, -0.2) is 4.79 Å². The van der Waals surface area contributed by atoms with Crippen LogP contribution in [-0.4, -0.2) is 47.6 Å². The van der Waals surface area contributed by atoms with Gasteiger partial charge < -0.3 is 20.5 Å². The highest BCUT2D eigenvalue weighted by molar-refractivity contribution is 5.97. The molecule has 2 amide bonds. The molecule has 0 aliphatic heterocycles. The molecule has 0 aromatic heterocycles. The summed E-state index contributed by atoms with van der Waals surface area (Å²) in [5.41, 5.74) is -0.881. The van der Waals surface area contributed by atoms with Crippen molar-refractivity contribution in [3.05, 3.63) is 12.2 Å². The monoisotopic (exact) mass is 384 g/mol. The normalized spacial score (nSPS) is 13.4. The van der Waals surface area contributed by atoms with E-state index in [2.05, 4.69) is 17.2 Å². The molecule has 0 rings (SSSR count). The number of nitrogens with one attached hydrogen (secondary N) is 2. The van der Waals surface area contributed by atoms with Crippen molar-refractivity contribution in [2.24, 2.45) is 11.8 Å². The van der Waals surface area contributed by atoms with E-state index in [0.29, 0.717) is 0 Å². The number of carbonyl (C=O) groups excluding carboxylic acids is 3. The van der Waals surface area contributed by atoms with Gasteiger partial charge in [0.15, 0.2) is 0 Å². The molecular weight excluding hydrogens is 352 g/mol. The molecule has 0 bridgehead atoms. The standard InChI is InChI=1S/C19H32N2O6/c1-11(2)10-13(12(3)18(25)26)16(23)21-14(17(24)20-7)8-9-15(22)27-19(4,5)6/h11,13-14H,3,8-10H2,1-2,4-7H3,(H,20,24)(H,21,23)(H,25,26)/t13-,14+/m1/s1. The minimum absolute atomic E-state index is 0.0360. The summed E-state index contributed by atoms with van der Waals surface area (Å²) in [4.78, 5) is 47.8. The van der Waals surface area contributed by atoms with Crippen LogP contribution in [0.25, 0.3) is 0 Å². The van der Waals surface area contributed by atoms with Crippen molar-refractivity contribution in [2.45, 2.75) is 65.5 Å². The number of hydrogen-bond donors (Lipinski definition) is 3. The second-order valence-electron chi connectivity index (χ2n) is 7.81. The highest BCUT2D eigenvalue weighted by Gasteiger charge is 2.30. The van der Waals surface area contributed by atoms with Gasteiger partial charge in [-0.3, -0.25) is 14.4 Å². The smallest absolute Gasteiger partial charge is 0.331 e. The zero-order chi connectivity index (χ0) is 21.4. The highest BCUT2D eigenvalue weighted by atomic mass is 16.6. The van der Waals surface area contributed by atoms with Crippen LogP contribution in [0.1, 0.15) is 53.9 Å². The molecule has 0 aromatic rings. The van der Waals surface area contributed by atoms with Gasteiger partial charge in [0.05, 0.1) is 5.92 Å². The van der Waals surface area contributed by atoms with Gasteiger partial charge in [-0.05, 0) is 39.5 Å². The number of likely N-dealkylation sites (N-methyl/N-ethyl adjacent to an activating group) is 1. The number of ether oxygens (including phenoxy) is 1. The third kappa shape index (κ3) is 9.77. The van der Waals surface area contributed by atoms with E-state index < -0.39 is 41.3 Å². The van der Waals surface area contributed by atoms with Gasteiger partial charge in [0, 0.05) is 19.0 Å². The second-order valence-corrected chi connectivity index (χ2v) is 7.81. The first-order valence-corrected chi connectivity index (χ1v) is 8.94. The van der Waals surface area contributed by atoms with E-state index in [1.807, 2.05) is 13.8 Å². The van der Waals surface area contributed by atoms with Crippen molar-refractivity contribution in [2.75, 3.05) is 7.05 Å². The van der Waals surface area contributed by atoms with Crippen LogP contribution in [0.3, 0.4) is 0 Å². The van der Waals surface area contributed by atoms with Crippen LogP contribution >= 0.6 is 0 Å². The first-order valence-electron chi connectivity index (χ1n) is 8.94. The number of amides is 2. The van der Waals surface area contributed by atoms with E-state index in [-0.39, 0.29) is 30.8 Å². The van der Waals surface area contributed by atoms with Crippen molar-refractivity contribution >= 4 is 23.8 Å². The molecule has 154 valence electrons. The first kappa shape index (κ1) is 24.6. The number of carboxylic acids is 1. The van der Waals surface area contributed by atoms with E-state index in [9.17, 15) is 19.2 Å². The van der Waals surface area contributed by atoms with Gasteiger partial charge >= 0.3 is 11.9 Å². The topological polar surface area (TPSA) is 122 Å². The second kappa shape index (κ2) is 10.7. The molecule has 0 fully saturated rings. The minimum atomic E-state index is -1.26. The van der Waals surface area contributed by atoms with E-state index in [1.165, 1.54) is 7.05 Å². The fraction of sp³-hybridized carbons (Fsp3) is 0.684. The van der Waals surface area contributed by atoms with Crippen molar-refractivity contribution in [1.82, 2.24) is 10.6 Å². The zero-order valence-electron chi connectivity index (χ0n) is 17.0. The van der Waals surface area contributed by atoms with Crippen molar-refractivity contribution in [3.63, 3.8) is 0 Å². The maximum absolute atomic E-state index is 12.6. The lowest BCUT2D eigenvalue weighted by Crippen LogP contribution is -2.48. The van der Waals surface area contributed by atoms with Gasteiger partial charge in [-0.15, -0.1) is 0 Å². The van der Waals surface area contributed by atoms with Gasteiger partial charge in [0.1, 0.15) is 11.6 Å². The third-order valence-electron chi connectivity index (χ3n) is 3.66. The Bertz CT molecular complexity index is 577. The maximum atomic E-state index is 12.6. The molecule has 27 heavy (non-hydrogen) atoms. The molecule has 0 aliphatic carbocycles. The number of carbonyl (C=O) groups is 4. The van der Waals surface area contributed by atoms with Gasteiger partial charge in [-0.1, -0.05) is 20.4 Å². The summed E-state index contributed by atoms with van der Waals surface area (Å²) in [7, 11) is 1.41. The Kier molecular flexibility index (Phi) is 9.75. The number of rotatable bonds is 10. The zero-order valence-corrected chi connectivity index (χ0v) is 17.0. The molecule has 0 aliphatic rings. The Morgan fingerprint density at radius 1 is 1.11 bits per heavy atom. The molecule has 0 saturated heterocycles. The van der Waals surface area contributed by atoms with Crippen LogP contribution in [0, 0.1) is 11.8 Å². The summed E-state index contributed by atoms with van der Waals surface area (Å²) < 4.78 is 5.20. The fourth-order valence-corrected chi connectivity index (χ4v) is 2.40. The number of hydrogen-bond acceptors (Lipinski definition) is 5. The Hall–Kier alpha value is -2.38. The largest absolute Gasteiger partial charge is 0.478 e. The summed E-state index contributed by atoms with van der Waals surface area (Å²) in [6.45, 7) is 12.4. The summed E-state index contributed by atoms with van der Waals surface area (Å²) in [6, 6.07) is -0.980. The highest BCUT2D eigenvalue weighted by Crippen LogP contribution is 2.20. The molecular formula is C19H32N2O6. The van der Waals surface area contributed by atoms with E-state index in [4.69, 9.17) is 9.84 Å². The first-order chi connectivity index (χ1) is 12.3. The van der Waals surface area contributed by atoms with Crippen LogP contribution in [0.15, 0.2) is 12.2 Å². The molecule has 0 aromatic carbocycles. The van der Waals surface area contributed by atoms with Crippen LogP contribution < -0.4 is 10.6 Å². The Labute approximate surface area is 160 Å². The average molecular weight is 384 g/mol.